The van der Waals surface area contributed by atoms with E-state index in [2.05, 4.69) is 0 Å². The van der Waals surface area contributed by atoms with Gasteiger partial charge in [-0.2, -0.15) is 0 Å². The summed E-state index contributed by atoms with van der Waals surface area (Å²) in [6.45, 7) is 2.77. The minimum Gasteiger partial charge on any atom is -0.464 e. The molecule has 2 rings (SSSR count). The lowest BCUT2D eigenvalue weighted by molar-refractivity contribution is -0.137. The van der Waals surface area contributed by atoms with Crippen molar-refractivity contribution in [3.05, 3.63) is 53.2 Å². The number of aryl methyl sites for hydroxylation is 1. The zero-order valence-corrected chi connectivity index (χ0v) is 10.9. The van der Waals surface area contributed by atoms with E-state index in [-0.39, 0.29) is 5.97 Å². The highest BCUT2D eigenvalue weighted by atomic mass is 16.5. The molecule has 18 heavy (non-hydrogen) atoms. The predicted octanol–water partition coefficient (Wildman–Crippen LogP) is 2.38. The number of allylic oxidation sites excluding steroid dienone is 2. The number of carbonyl (C=O) groups excluding carboxylic acids is 1. The van der Waals surface area contributed by atoms with E-state index >= 15 is 0 Å². The Balaban J connectivity index is 2.52. The molecule has 0 atom stereocenters. The van der Waals surface area contributed by atoms with Gasteiger partial charge in [-0.1, -0.05) is 42.0 Å². The van der Waals surface area contributed by atoms with Gasteiger partial charge in [0.2, 0.25) is 0 Å². The molecule has 1 aromatic carbocycles. The van der Waals surface area contributed by atoms with Crippen molar-refractivity contribution in [3.63, 3.8) is 0 Å². The second kappa shape index (κ2) is 5.08. The average Bonchev–Trinajstić information content (AvgIpc) is 2.38. The molecule has 0 N–H and O–H groups in total. The third kappa shape index (κ3) is 2.30. The van der Waals surface area contributed by atoms with Gasteiger partial charge in [0, 0.05) is 19.2 Å². The first-order valence-corrected chi connectivity index (χ1v) is 5.91. The Bertz CT molecular complexity index is 512. The number of ether oxygens (including phenoxy) is 1. The lowest BCUT2D eigenvalue weighted by Crippen LogP contribution is -2.28. The standard InChI is InChI=1S/C15H17NO2/c1-11-6-8-12(9-7-11)13-5-4-10-16(2)14(13)15(17)18-3/h4-9H,10H2,1-3H3. The first-order valence-electron chi connectivity index (χ1n) is 5.91. The number of hydrogen-bond donors (Lipinski definition) is 0. The average molecular weight is 243 g/mol. The normalized spacial score (nSPS) is 14.9. The molecule has 3 nitrogen and oxygen atoms in total. The summed E-state index contributed by atoms with van der Waals surface area (Å²) in [6, 6.07) is 8.13. The van der Waals surface area contributed by atoms with Crippen molar-refractivity contribution in [2.75, 3.05) is 20.7 Å². The van der Waals surface area contributed by atoms with Crippen LogP contribution in [0, 0.1) is 6.92 Å². The van der Waals surface area contributed by atoms with E-state index in [4.69, 9.17) is 4.74 Å². The molecule has 1 aliphatic rings. The van der Waals surface area contributed by atoms with E-state index in [1.165, 1.54) is 12.7 Å². The molecule has 0 saturated carbocycles. The van der Waals surface area contributed by atoms with Gasteiger partial charge < -0.3 is 9.64 Å². The minimum absolute atomic E-state index is 0.294. The fraction of sp³-hybridized carbons (Fsp3) is 0.267. The number of likely N-dealkylation sites (N-methyl/N-ethyl adjacent to an activating group) is 1. The van der Waals surface area contributed by atoms with Crippen LogP contribution in [-0.2, 0) is 9.53 Å². The fourth-order valence-corrected chi connectivity index (χ4v) is 2.03. The number of methoxy groups -OCH3 is 1. The van der Waals surface area contributed by atoms with Crippen LogP contribution < -0.4 is 0 Å². The molecule has 3 heteroatoms. The number of esters is 1. The van der Waals surface area contributed by atoms with Crippen LogP contribution >= 0.6 is 0 Å². The summed E-state index contributed by atoms with van der Waals surface area (Å²) < 4.78 is 4.86. The molecule has 1 heterocycles. The topological polar surface area (TPSA) is 29.5 Å². The van der Waals surface area contributed by atoms with E-state index in [1.54, 1.807) is 0 Å². The first kappa shape index (κ1) is 12.4. The van der Waals surface area contributed by atoms with E-state index in [9.17, 15) is 4.79 Å². The minimum atomic E-state index is -0.294. The maximum Gasteiger partial charge on any atom is 0.354 e. The van der Waals surface area contributed by atoms with Crippen LogP contribution in [0.3, 0.4) is 0 Å². The molecule has 0 spiro atoms. The van der Waals surface area contributed by atoms with Gasteiger partial charge in [-0.15, -0.1) is 0 Å². The molecular formula is C15H17NO2. The van der Waals surface area contributed by atoms with E-state index in [0.717, 1.165) is 17.7 Å². The third-order valence-electron chi connectivity index (χ3n) is 3.04. The van der Waals surface area contributed by atoms with Crippen LogP contribution in [0.4, 0.5) is 0 Å². The van der Waals surface area contributed by atoms with Gasteiger partial charge in [-0.3, -0.25) is 0 Å². The number of hydrogen-bond acceptors (Lipinski definition) is 3. The van der Waals surface area contributed by atoms with Crippen molar-refractivity contribution in [2.24, 2.45) is 0 Å². The van der Waals surface area contributed by atoms with Gasteiger partial charge >= 0.3 is 5.97 Å². The molecule has 0 unspecified atom stereocenters. The van der Waals surface area contributed by atoms with E-state index < -0.39 is 0 Å². The summed E-state index contributed by atoms with van der Waals surface area (Å²) in [7, 11) is 3.30. The summed E-state index contributed by atoms with van der Waals surface area (Å²) in [4.78, 5) is 13.8. The quantitative estimate of drug-likeness (QED) is 0.747. The Kier molecular flexibility index (Phi) is 3.51. The number of carbonyl (C=O) groups is 1. The molecule has 1 aromatic rings. The second-order valence-corrected chi connectivity index (χ2v) is 4.40. The molecular weight excluding hydrogens is 226 g/mol. The highest BCUT2D eigenvalue weighted by molar-refractivity contribution is 6.00. The number of benzene rings is 1. The van der Waals surface area contributed by atoms with Crippen LogP contribution in [0.2, 0.25) is 0 Å². The van der Waals surface area contributed by atoms with Crippen molar-refractivity contribution in [3.8, 4) is 0 Å². The third-order valence-corrected chi connectivity index (χ3v) is 3.04. The SMILES string of the molecule is COC(=O)C1=C(c2ccc(C)cc2)C=CCN1C. The van der Waals surface area contributed by atoms with Gasteiger partial charge in [-0.25, -0.2) is 4.79 Å². The molecule has 0 radical (unpaired) electrons. The van der Waals surface area contributed by atoms with Gasteiger partial charge in [0.25, 0.3) is 0 Å². The summed E-state index contributed by atoms with van der Waals surface area (Å²) in [5, 5.41) is 0. The van der Waals surface area contributed by atoms with Crippen LogP contribution in [0.1, 0.15) is 11.1 Å². The van der Waals surface area contributed by atoms with Crippen LogP contribution in [0.5, 0.6) is 0 Å². The summed E-state index contributed by atoms with van der Waals surface area (Å²) in [6.07, 6.45) is 4.03. The molecule has 0 fully saturated rings. The lowest BCUT2D eigenvalue weighted by atomic mass is 9.99. The van der Waals surface area contributed by atoms with Gasteiger partial charge in [0.15, 0.2) is 0 Å². The van der Waals surface area contributed by atoms with Crippen molar-refractivity contribution < 1.29 is 9.53 Å². The van der Waals surface area contributed by atoms with Crippen molar-refractivity contribution in [1.29, 1.82) is 0 Å². The van der Waals surface area contributed by atoms with Gasteiger partial charge in [0.1, 0.15) is 5.70 Å². The first-order chi connectivity index (χ1) is 8.63. The zero-order chi connectivity index (χ0) is 13.1. The van der Waals surface area contributed by atoms with Crippen LogP contribution in [-0.4, -0.2) is 31.6 Å². The maximum absolute atomic E-state index is 11.9. The van der Waals surface area contributed by atoms with E-state index in [1.807, 2.05) is 55.3 Å². The summed E-state index contributed by atoms with van der Waals surface area (Å²) >= 11 is 0. The van der Waals surface area contributed by atoms with Crippen LogP contribution in [0.25, 0.3) is 5.57 Å². The smallest absolute Gasteiger partial charge is 0.354 e. The van der Waals surface area contributed by atoms with Crippen molar-refractivity contribution >= 4 is 11.5 Å². The molecule has 1 aliphatic heterocycles. The van der Waals surface area contributed by atoms with Gasteiger partial charge in [0.05, 0.1) is 7.11 Å². The Morgan fingerprint density at radius 1 is 1.28 bits per heavy atom. The van der Waals surface area contributed by atoms with E-state index in [0.29, 0.717) is 5.70 Å². The fourth-order valence-electron chi connectivity index (χ4n) is 2.03. The highest BCUT2D eigenvalue weighted by Crippen LogP contribution is 2.26. The molecule has 0 aromatic heterocycles. The second-order valence-electron chi connectivity index (χ2n) is 4.40. The Morgan fingerprint density at radius 2 is 1.94 bits per heavy atom. The zero-order valence-electron chi connectivity index (χ0n) is 10.9. The largest absolute Gasteiger partial charge is 0.464 e. The molecule has 0 aliphatic carbocycles. The predicted molar refractivity (Wildman–Crippen MR) is 71.9 cm³/mol. The molecule has 94 valence electrons. The monoisotopic (exact) mass is 243 g/mol. The molecule has 0 bridgehead atoms. The Labute approximate surface area is 107 Å². The Hall–Kier alpha value is -2.03. The van der Waals surface area contributed by atoms with Gasteiger partial charge in [-0.05, 0) is 12.5 Å². The highest BCUT2D eigenvalue weighted by Gasteiger charge is 2.22. The molecule has 0 amide bonds. The summed E-state index contributed by atoms with van der Waals surface area (Å²) in [5.41, 5.74) is 3.76. The van der Waals surface area contributed by atoms with Crippen LogP contribution in [0.15, 0.2) is 42.1 Å². The lowest BCUT2D eigenvalue weighted by Gasteiger charge is -2.25. The maximum atomic E-state index is 11.9. The molecule has 0 saturated heterocycles. The summed E-state index contributed by atoms with van der Waals surface area (Å²) in [5.74, 6) is -0.294. The number of rotatable bonds is 2. The van der Waals surface area contributed by atoms with Crippen molar-refractivity contribution in [1.82, 2.24) is 4.90 Å². The van der Waals surface area contributed by atoms with Crippen molar-refractivity contribution in [2.45, 2.75) is 6.92 Å². The Morgan fingerprint density at radius 3 is 2.56 bits per heavy atom. The number of nitrogens with zero attached hydrogens (tertiary/aromatic N) is 1.